The minimum absolute atomic E-state index is 0.0458. The fourth-order valence-electron chi connectivity index (χ4n) is 2.10. The molecule has 2 N–H and O–H groups in total. The highest BCUT2D eigenvalue weighted by atomic mass is 16.5. The molecule has 0 aromatic carbocycles. The molecular formula is C12H23NO3. The van der Waals surface area contributed by atoms with Gasteiger partial charge >= 0.3 is 5.97 Å². The van der Waals surface area contributed by atoms with Gasteiger partial charge in [0.1, 0.15) is 6.04 Å². The Kier molecular flexibility index (Phi) is 4.74. The van der Waals surface area contributed by atoms with Crippen molar-refractivity contribution < 1.29 is 14.6 Å². The first-order chi connectivity index (χ1) is 7.44. The van der Waals surface area contributed by atoms with Crippen molar-refractivity contribution in [2.24, 2.45) is 0 Å². The molecule has 4 nitrogen and oxygen atoms in total. The Labute approximate surface area is 97.4 Å². The number of carbonyl (C=O) groups is 1. The molecule has 0 amide bonds. The van der Waals surface area contributed by atoms with Crippen LogP contribution in [0.2, 0.25) is 0 Å². The van der Waals surface area contributed by atoms with Gasteiger partial charge in [0.2, 0.25) is 0 Å². The van der Waals surface area contributed by atoms with Crippen molar-refractivity contribution in [1.82, 2.24) is 5.32 Å². The van der Waals surface area contributed by atoms with Gasteiger partial charge in [-0.25, -0.2) is 0 Å². The van der Waals surface area contributed by atoms with E-state index in [2.05, 4.69) is 19.2 Å². The molecule has 1 heterocycles. The number of hydrogen-bond donors (Lipinski definition) is 2. The van der Waals surface area contributed by atoms with Crippen LogP contribution in [0.1, 0.15) is 46.5 Å². The molecule has 0 radical (unpaired) electrons. The van der Waals surface area contributed by atoms with Crippen molar-refractivity contribution in [2.75, 3.05) is 6.54 Å². The van der Waals surface area contributed by atoms with Gasteiger partial charge in [-0.1, -0.05) is 13.3 Å². The lowest BCUT2D eigenvalue weighted by Gasteiger charge is -2.21. The fraction of sp³-hybridized carbons (Fsp3) is 0.917. The van der Waals surface area contributed by atoms with Gasteiger partial charge in [0, 0.05) is 6.54 Å². The third-order valence-corrected chi connectivity index (χ3v) is 3.02. The third kappa shape index (κ3) is 4.10. The summed E-state index contributed by atoms with van der Waals surface area (Å²) < 4.78 is 5.80. The lowest BCUT2D eigenvalue weighted by molar-refractivity contribution is -0.139. The third-order valence-electron chi connectivity index (χ3n) is 3.02. The zero-order valence-electron chi connectivity index (χ0n) is 10.5. The summed E-state index contributed by atoms with van der Waals surface area (Å²) in [6.07, 6.45) is 3.77. The number of ether oxygens (including phenoxy) is 1. The maximum atomic E-state index is 10.9. The lowest BCUT2D eigenvalue weighted by atomic mass is 10.1. The van der Waals surface area contributed by atoms with Gasteiger partial charge in [-0.15, -0.1) is 0 Å². The van der Waals surface area contributed by atoms with Crippen LogP contribution < -0.4 is 5.32 Å². The van der Waals surface area contributed by atoms with Crippen molar-refractivity contribution in [3.63, 3.8) is 0 Å². The summed E-state index contributed by atoms with van der Waals surface area (Å²) in [4.78, 5) is 10.9. The second-order valence-corrected chi connectivity index (χ2v) is 5.13. The van der Waals surface area contributed by atoms with Crippen molar-refractivity contribution in [3.8, 4) is 0 Å². The fourth-order valence-corrected chi connectivity index (χ4v) is 2.10. The second kappa shape index (κ2) is 5.64. The summed E-state index contributed by atoms with van der Waals surface area (Å²) >= 11 is 0. The first-order valence-corrected chi connectivity index (χ1v) is 6.08. The molecule has 0 aromatic rings. The number of nitrogens with one attached hydrogen (secondary N) is 1. The van der Waals surface area contributed by atoms with Gasteiger partial charge in [0.25, 0.3) is 0 Å². The van der Waals surface area contributed by atoms with E-state index in [9.17, 15) is 4.79 Å². The predicted octanol–water partition coefficient (Wildman–Crippen LogP) is 1.79. The minimum Gasteiger partial charge on any atom is -0.480 e. The maximum absolute atomic E-state index is 10.9. The number of carboxylic acid groups (broad SMARTS) is 1. The Balaban J connectivity index is 2.30. The first kappa shape index (κ1) is 13.5. The summed E-state index contributed by atoms with van der Waals surface area (Å²) in [7, 11) is 0. The van der Waals surface area contributed by atoms with Crippen LogP contribution in [0.5, 0.6) is 0 Å². The van der Waals surface area contributed by atoms with Crippen molar-refractivity contribution >= 4 is 5.97 Å². The number of rotatable bonds is 6. The van der Waals surface area contributed by atoms with Crippen LogP contribution >= 0.6 is 0 Å². The van der Waals surface area contributed by atoms with E-state index in [1.807, 2.05) is 6.92 Å². The molecular weight excluding hydrogens is 206 g/mol. The van der Waals surface area contributed by atoms with E-state index >= 15 is 0 Å². The van der Waals surface area contributed by atoms with E-state index in [0.29, 0.717) is 13.0 Å². The van der Waals surface area contributed by atoms with Crippen molar-refractivity contribution in [2.45, 2.75) is 64.2 Å². The van der Waals surface area contributed by atoms with Gasteiger partial charge < -0.3 is 15.2 Å². The Hall–Kier alpha value is -0.610. The van der Waals surface area contributed by atoms with E-state index in [1.165, 1.54) is 0 Å². The normalized spacial score (nSPS) is 25.6. The molecule has 0 aromatic heterocycles. The molecule has 1 rings (SSSR count). The number of aliphatic carboxylic acids is 1. The van der Waals surface area contributed by atoms with E-state index < -0.39 is 12.0 Å². The average molecular weight is 229 g/mol. The largest absolute Gasteiger partial charge is 0.480 e. The first-order valence-electron chi connectivity index (χ1n) is 6.08. The molecule has 0 saturated carbocycles. The predicted molar refractivity (Wildman–Crippen MR) is 62.5 cm³/mol. The van der Waals surface area contributed by atoms with Crippen molar-refractivity contribution in [3.05, 3.63) is 0 Å². The highest BCUT2D eigenvalue weighted by Crippen LogP contribution is 2.28. The summed E-state index contributed by atoms with van der Waals surface area (Å²) in [6.45, 7) is 6.79. The van der Waals surface area contributed by atoms with Crippen LogP contribution in [0, 0.1) is 0 Å². The van der Waals surface area contributed by atoms with Crippen LogP contribution in [0.15, 0.2) is 0 Å². The molecule has 1 aliphatic heterocycles. The topological polar surface area (TPSA) is 58.6 Å². The standard InChI is InChI=1S/C12H23NO3/c1-4-5-10(11(14)15)13-8-9-6-7-12(2,3)16-9/h9-10,13H,4-8H2,1-3H3,(H,14,15). The van der Waals surface area contributed by atoms with Crippen LogP contribution in [0.4, 0.5) is 0 Å². The van der Waals surface area contributed by atoms with E-state index in [1.54, 1.807) is 0 Å². The van der Waals surface area contributed by atoms with E-state index in [4.69, 9.17) is 9.84 Å². The van der Waals surface area contributed by atoms with Crippen molar-refractivity contribution in [1.29, 1.82) is 0 Å². The molecule has 1 aliphatic rings. The lowest BCUT2D eigenvalue weighted by Crippen LogP contribution is -2.41. The number of carboxylic acids is 1. The molecule has 1 saturated heterocycles. The zero-order chi connectivity index (χ0) is 12.2. The highest BCUT2D eigenvalue weighted by molar-refractivity contribution is 5.73. The Morgan fingerprint density at radius 3 is 2.75 bits per heavy atom. The van der Waals surface area contributed by atoms with Gasteiger partial charge in [-0.2, -0.15) is 0 Å². The zero-order valence-corrected chi connectivity index (χ0v) is 10.5. The Morgan fingerprint density at radius 2 is 2.31 bits per heavy atom. The van der Waals surface area contributed by atoms with Crippen LogP contribution in [0.3, 0.4) is 0 Å². The second-order valence-electron chi connectivity index (χ2n) is 5.13. The highest BCUT2D eigenvalue weighted by Gasteiger charge is 2.32. The molecule has 16 heavy (non-hydrogen) atoms. The minimum atomic E-state index is -0.765. The number of hydrogen-bond acceptors (Lipinski definition) is 3. The van der Waals surface area contributed by atoms with Crippen LogP contribution in [-0.2, 0) is 9.53 Å². The van der Waals surface area contributed by atoms with Crippen LogP contribution in [-0.4, -0.2) is 35.4 Å². The molecule has 0 bridgehead atoms. The molecule has 0 aliphatic carbocycles. The quantitative estimate of drug-likeness (QED) is 0.729. The molecule has 2 atom stereocenters. The van der Waals surface area contributed by atoms with Crippen LogP contribution in [0.25, 0.3) is 0 Å². The van der Waals surface area contributed by atoms with Gasteiger partial charge in [0.15, 0.2) is 0 Å². The monoisotopic (exact) mass is 229 g/mol. The van der Waals surface area contributed by atoms with E-state index in [0.717, 1.165) is 19.3 Å². The van der Waals surface area contributed by atoms with Gasteiger partial charge in [-0.05, 0) is 33.1 Å². The summed E-state index contributed by atoms with van der Waals surface area (Å²) in [5.41, 5.74) is -0.0458. The summed E-state index contributed by atoms with van der Waals surface area (Å²) in [6, 6.07) is -0.433. The summed E-state index contributed by atoms with van der Waals surface area (Å²) in [5.74, 6) is -0.765. The molecule has 1 fully saturated rings. The average Bonchev–Trinajstić information content (AvgIpc) is 2.52. The SMILES string of the molecule is CCCC(NCC1CCC(C)(C)O1)C(=O)O. The molecule has 94 valence electrons. The van der Waals surface area contributed by atoms with Gasteiger partial charge in [-0.3, -0.25) is 4.79 Å². The smallest absolute Gasteiger partial charge is 0.320 e. The molecule has 4 heteroatoms. The molecule has 2 unspecified atom stereocenters. The van der Waals surface area contributed by atoms with Gasteiger partial charge in [0.05, 0.1) is 11.7 Å². The maximum Gasteiger partial charge on any atom is 0.320 e. The Morgan fingerprint density at radius 1 is 1.62 bits per heavy atom. The Bertz CT molecular complexity index is 240. The molecule has 0 spiro atoms. The van der Waals surface area contributed by atoms with E-state index in [-0.39, 0.29) is 11.7 Å². The summed E-state index contributed by atoms with van der Waals surface area (Å²) in [5, 5.41) is 12.1.